The predicted molar refractivity (Wildman–Crippen MR) is 72.5 cm³/mol. The zero-order valence-electron chi connectivity index (χ0n) is 9.62. The Bertz CT molecular complexity index is 529. The van der Waals surface area contributed by atoms with Gasteiger partial charge in [0, 0.05) is 23.7 Å². The molecule has 1 aliphatic heterocycles. The Morgan fingerprint density at radius 3 is 2.78 bits per heavy atom. The van der Waals surface area contributed by atoms with E-state index in [1.54, 1.807) is 6.20 Å². The minimum atomic E-state index is -0.953. The summed E-state index contributed by atoms with van der Waals surface area (Å²) < 4.78 is 0.737. The van der Waals surface area contributed by atoms with Gasteiger partial charge in [0.15, 0.2) is 0 Å². The topological polar surface area (TPSA) is 53.4 Å². The van der Waals surface area contributed by atoms with Crippen LogP contribution in [-0.2, 0) is 5.41 Å². The van der Waals surface area contributed by atoms with Crippen molar-refractivity contribution in [3.8, 4) is 0 Å². The van der Waals surface area contributed by atoms with Gasteiger partial charge in [-0.15, -0.1) is 0 Å². The fourth-order valence-corrected chi connectivity index (χ4v) is 3.84. The van der Waals surface area contributed by atoms with Gasteiger partial charge in [0.05, 0.1) is 9.50 Å². The molecule has 1 amide bonds. The molecule has 1 spiro atoms. The van der Waals surface area contributed by atoms with Crippen LogP contribution in [0.5, 0.6) is 0 Å². The Hall–Kier alpha value is -0.810. The number of pyridine rings is 1. The first-order valence-corrected chi connectivity index (χ1v) is 7.07. The quantitative estimate of drug-likeness (QED) is 0.786. The number of carbonyl (C=O) groups is 1. The van der Waals surface area contributed by atoms with Gasteiger partial charge in [0.1, 0.15) is 5.82 Å². The van der Waals surface area contributed by atoms with E-state index in [4.69, 9.17) is 11.6 Å². The predicted octanol–water partition coefficient (Wildman–Crippen LogP) is 3.81. The largest absolute Gasteiger partial charge is 0.465 e. The van der Waals surface area contributed by atoms with Crippen LogP contribution in [0.1, 0.15) is 31.2 Å². The third-order valence-electron chi connectivity index (χ3n) is 3.99. The molecule has 2 heterocycles. The molecule has 3 rings (SSSR count). The van der Waals surface area contributed by atoms with E-state index in [0.29, 0.717) is 17.4 Å². The number of amides is 1. The molecule has 1 fully saturated rings. The van der Waals surface area contributed by atoms with Gasteiger partial charge in [0.2, 0.25) is 0 Å². The van der Waals surface area contributed by atoms with Crippen molar-refractivity contribution in [1.82, 2.24) is 4.98 Å². The molecule has 6 heteroatoms. The molecule has 1 aliphatic carbocycles. The highest BCUT2D eigenvalue weighted by Gasteiger charge is 2.49. The van der Waals surface area contributed by atoms with E-state index in [0.717, 1.165) is 35.7 Å². The molecule has 0 bridgehead atoms. The summed E-state index contributed by atoms with van der Waals surface area (Å²) in [6.45, 7) is 0.487. The molecule has 0 aromatic carbocycles. The van der Waals surface area contributed by atoms with Gasteiger partial charge in [-0.2, -0.15) is 0 Å². The maximum atomic E-state index is 11.3. The van der Waals surface area contributed by atoms with Crippen molar-refractivity contribution in [3.63, 3.8) is 0 Å². The van der Waals surface area contributed by atoms with Crippen LogP contribution >= 0.6 is 27.5 Å². The van der Waals surface area contributed by atoms with Crippen LogP contribution in [0.25, 0.3) is 0 Å². The Balaban J connectivity index is 2.21. The highest BCUT2D eigenvalue weighted by molar-refractivity contribution is 9.10. The fourth-order valence-electron chi connectivity index (χ4n) is 3.21. The molecule has 1 saturated carbocycles. The average Bonchev–Trinajstić information content (AvgIpc) is 2.91. The van der Waals surface area contributed by atoms with Crippen LogP contribution in [0.15, 0.2) is 10.7 Å². The number of nitrogens with zero attached hydrogens (tertiary/aromatic N) is 2. The third kappa shape index (κ3) is 1.57. The van der Waals surface area contributed by atoms with Crippen molar-refractivity contribution in [2.45, 2.75) is 31.1 Å². The zero-order chi connectivity index (χ0) is 12.9. The molecule has 96 valence electrons. The van der Waals surface area contributed by atoms with Gasteiger partial charge in [0.25, 0.3) is 0 Å². The second-order valence-corrected chi connectivity index (χ2v) is 6.21. The van der Waals surface area contributed by atoms with E-state index < -0.39 is 6.09 Å². The van der Waals surface area contributed by atoms with E-state index in [9.17, 15) is 9.90 Å². The summed E-state index contributed by atoms with van der Waals surface area (Å²) in [5.41, 5.74) is 0.792. The van der Waals surface area contributed by atoms with Gasteiger partial charge in [-0.05, 0) is 28.8 Å². The van der Waals surface area contributed by atoms with Crippen LogP contribution in [-0.4, -0.2) is 22.7 Å². The van der Waals surface area contributed by atoms with Crippen LogP contribution in [0, 0.1) is 0 Å². The first-order valence-electron chi connectivity index (χ1n) is 5.90. The number of hydrogen-bond acceptors (Lipinski definition) is 2. The molecule has 0 saturated heterocycles. The highest BCUT2D eigenvalue weighted by atomic mass is 79.9. The minimum Gasteiger partial charge on any atom is -0.465 e. The van der Waals surface area contributed by atoms with Crippen molar-refractivity contribution < 1.29 is 9.90 Å². The molecule has 0 unspecified atom stereocenters. The summed E-state index contributed by atoms with van der Waals surface area (Å²) in [6, 6.07) is 0. The minimum absolute atomic E-state index is 0.123. The van der Waals surface area contributed by atoms with Crippen LogP contribution in [0.4, 0.5) is 10.6 Å². The van der Waals surface area contributed by atoms with Crippen LogP contribution in [0.2, 0.25) is 5.02 Å². The van der Waals surface area contributed by atoms with E-state index in [-0.39, 0.29) is 5.41 Å². The fraction of sp³-hybridized carbons (Fsp3) is 0.500. The Morgan fingerprint density at radius 1 is 1.50 bits per heavy atom. The number of fused-ring (bicyclic) bond motifs is 2. The van der Waals surface area contributed by atoms with Gasteiger partial charge in [-0.3, -0.25) is 4.90 Å². The number of rotatable bonds is 0. The number of hydrogen-bond donors (Lipinski definition) is 1. The number of carboxylic acid groups (broad SMARTS) is 1. The SMILES string of the molecule is O=C(O)N1CC2(CCCC2)c2c1ncc(Br)c2Cl. The van der Waals surface area contributed by atoms with Crippen LogP contribution < -0.4 is 4.90 Å². The lowest BCUT2D eigenvalue weighted by Crippen LogP contribution is -2.34. The van der Waals surface area contributed by atoms with Crippen molar-refractivity contribution in [2.75, 3.05) is 11.4 Å². The molecular formula is C12H12BrClN2O2. The maximum Gasteiger partial charge on any atom is 0.413 e. The van der Waals surface area contributed by atoms with Crippen LogP contribution in [0.3, 0.4) is 0 Å². The monoisotopic (exact) mass is 330 g/mol. The second-order valence-electron chi connectivity index (χ2n) is 4.97. The van der Waals surface area contributed by atoms with Gasteiger partial charge in [-0.25, -0.2) is 9.78 Å². The van der Waals surface area contributed by atoms with E-state index in [1.165, 1.54) is 4.90 Å². The standard InChI is InChI=1S/C12H12BrClN2O2/c13-7-5-15-10-8(9(7)14)12(3-1-2-4-12)6-16(10)11(17)18/h5H,1-4,6H2,(H,17,18). The zero-order valence-corrected chi connectivity index (χ0v) is 12.0. The summed E-state index contributed by atoms with van der Waals surface area (Å²) in [6.07, 6.45) is 4.84. The van der Waals surface area contributed by atoms with E-state index in [1.807, 2.05) is 0 Å². The lowest BCUT2D eigenvalue weighted by atomic mass is 9.81. The third-order valence-corrected chi connectivity index (χ3v) is 5.21. The number of halogens is 2. The van der Waals surface area contributed by atoms with Crippen molar-refractivity contribution >= 4 is 39.4 Å². The molecule has 1 aromatic heterocycles. The van der Waals surface area contributed by atoms with E-state index >= 15 is 0 Å². The van der Waals surface area contributed by atoms with Crippen molar-refractivity contribution in [3.05, 3.63) is 21.3 Å². The Labute approximate surface area is 118 Å². The number of aromatic nitrogens is 1. The van der Waals surface area contributed by atoms with Crippen molar-refractivity contribution in [1.29, 1.82) is 0 Å². The van der Waals surface area contributed by atoms with Gasteiger partial charge >= 0.3 is 6.09 Å². The molecule has 1 aromatic rings. The molecule has 1 N–H and O–H groups in total. The lowest BCUT2D eigenvalue weighted by Gasteiger charge is -2.24. The summed E-state index contributed by atoms with van der Waals surface area (Å²) >= 11 is 9.75. The van der Waals surface area contributed by atoms with Gasteiger partial charge < -0.3 is 5.11 Å². The maximum absolute atomic E-state index is 11.3. The summed E-state index contributed by atoms with van der Waals surface area (Å²) in [4.78, 5) is 16.9. The normalized spacial score (nSPS) is 20.4. The summed E-state index contributed by atoms with van der Waals surface area (Å²) in [5, 5.41) is 9.91. The summed E-state index contributed by atoms with van der Waals surface area (Å²) in [5.74, 6) is 0.512. The number of anilines is 1. The summed E-state index contributed by atoms with van der Waals surface area (Å²) in [7, 11) is 0. The Morgan fingerprint density at radius 2 is 2.17 bits per heavy atom. The van der Waals surface area contributed by atoms with E-state index in [2.05, 4.69) is 20.9 Å². The average molecular weight is 332 g/mol. The molecule has 0 atom stereocenters. The molecule has 0 radical (unpaired) electrons. The lowest BCUT2D eigenvalue weighted by molar-refractivity contribution is 0.200. The first kappa shape index (κ1) is 12.2. The highest BCUT2D eigenvalue weighted by Crippen LogP contribution is 2.53. The smallest absolute Gasteiger partial charge is 0.413 e. The first-order chi connectivity index (χ1) is 8.55. The Kier molecular flexibility index (Phi) is 2.79. The molecule has 4 nitrogen and oxygen atoms in total. The molecular weight excluding hydrogens is 320 g/mol. The van der Waals surface area contributed by atoms with Gasteiger partial charge in [-0.1, -0.05) is 24.4 Å². The second kappa shape index (κ2) is 4.10. The molecule has 18 heavy (non-hydrogen) atoms. The molecule has 2 aliphatic rings. The van der Waals surface area contributed by atoms with Crippen molar-refractivity contribution in [2.24, 2.45) is 0 Å².